The minimum Gasteiger partial charge on any atom is -0.293 e. The van der Waals surface area contributed by atoms with Crippen molar-refractivity contribution in [2.45, 2.75) is 0 Å². The molecule has 1 unspecified atom stereocenters. The van der Waals surface area contributed by atoms with Gasteiger partial charge >= 0.3 is 0 Å². The van der Waals surface area contributed by atoms with E-state index in [9.17, 15) is 19.7 Å². The molecule has 1 aliphatic rings. The minimum atomic E-state index is -0.989. The van der Waals surface area contributed by atoms with Gasteiger partial charge in [-0.25, -0.2) is 0 Å². The average molecular weight is 294 g/mol. The van der Waals surface area contributed by atoms with Crippen LogP contribution in [0.3, 0.4) is 0 Å². The van der Waals surface area contributed by atoms with E-state index in [0.29, 0.717) is 11.3 Å². The smallest absolute Gasteiger partial charge is 0.269 e. The first-order valence-electron chi connectivity index (χ1n) is 6.54. The molecular formula is C16H10N2O4. The van der Waals surface area contributed by atoms with Gasteiger partial charge in [-0.1, -0.05) is 12.1 Å². The van der Waals surface area contributed by atoms with Gasteiger partial charge in [0, 0.05) is 29.5 Å². The SMILES string of the molecule is O=C(c1ccc([N+](=O)[O-])cc1)C1C=Nc2ccccc2C1=O. The summed E-state index contributed by atoms with van der Waals surface area (Å²) in [6.45, 7) is 0. The number of rotatable bonds is 3. The number of nitro groups is 1. The second kappa shape index (κ2) is 5.33. The molecule has 108 valence electrons. The van der Waals surface area contributed by atoms with Gasteiger partial charge in [-0.05, 0) is 24.3 Å². The quantitative estimate of drug-likeness (QED) is 0.376. The van der Waals surface area contributed by atoms with Gasteiger partial charge in [-0.15, -0.1) is 0 Å². The van der Waals surface area contributed by atoms with Crippen LogP contribution in [0, 0.1) is 16.0 Å². The van der Waals surface area contributed by atoms with E-state index in [1.54, 1.807) is 24.3 Å². The Morgan fingerprint density at radius 1 is 1.09 bits per heavy atom. The van der Waals surface area contributed by atoms with Crippen LogP contribution in [-0.2, 0) is 0 Å². The number of nitrogens with zero attached hydrogens (tertiary/aromatic N) is 2. The summed E-state index contributed by atoms with van der Waals surface area (Å²) in [4.78, 5) is 39.0. The second-order valence-corrected chi connectivity index (χ2v) is 4.81. The Kier molecular flexibility index (Phi) is 3.34. The predicted molar refractivity (Wildman–Crippen MR) is 79.8 cm³/mol. The number of carbonyl (C=O) groups excluding carboxylic acids is 2. The fraction of sp³-hybridized carbons (Fsp3) is 0.0625. The van der Waals surface area contributed by atoms with Crippen molar-refractivity contribution in [1.29, 1.82) is 0 Å². The fourth-order valence-electron chi connectivity index (χ4n) is 2.30. The summed E-state index contributed by atoms with van der Waals surface area (Å²) in [5.41, 5.74) is 1.09. The summed E-state index contributed by atoms with van der Waals surface area (Å²) in [6.07, 6.45) is 1.33. The number of hydrogen-bond acceptors (Lipinski definition) is 5. The first-order valence-corrected chi connectivity index (χ1v) is 6.54. The van der Waals surface area contributed by atoms with Crippen molar-refractivity contribution in [1.82, 2.24) is 0 Å². The molecule has 0 bridgehead atoms. The van der Waals surface area contributed by atoms with E-state index in [2.05, 4.69) is 4.99 Å². The van der Waals surface area contributed by atoms with Crippen molar-refractivity contribution in [2.75, 3.05) is 0 Å². The van der Waals surface area contributed by atoms with Crippen LogP contribution in [0.15, 0.2) is 53.5 Å². The molecule has 1 aliphatic heterocycles. The number of para-hydroxylation sites is 1. The molecule has 0 amide bonds. The molecule has 2 aromatic rings. The first-order chi connectivity index (χ1) is 10.6. The molecule has 0 saturated carbocycles. The Bertz CT molecular complexity index is 809. The molecule has 6 nitrogen and oxygen atoms in total. The molecule has 1 atom stereocenters. The highest BCUT2D eigenvalue weighted by Gasteiger charge is 2.31. The number of benzene rings is 2. The maximum Gasteiger partial charge on any atom is 0.269 e. The molecular weight excluding hydrogens is 284 g/mol. The molecule has 0 saturated heterocycles. The lowest BCUT2D eigenvalue weighted by Crippen LogP contribution is -2.28. The van der Waals surface area contributed by atoms with Gasteiger partial charge in [-0.2, -0.15) is 0 Å². The predicted octanol–water partition coefficient (Wildman–Crippen LogP) is 2.99. The summed E-state index contributed by atoms with van der Waals surface area (Å²) in [7, 11) is 0. The van der Waals surface area contributed by atoms with Gasteiger partial charge in [0.2, 0.25) is 0 Å². The molecule has 2 aromatic carbocycles. The third-order valence-electron chi connectivity index (χ3n) is 3.46. The van der Waals surface area contributed by atoms with E-state index in [1.165, 1.54) is 30.5 Å². The number of carbonyl (C=O) groups is 2. The summed E-state index contributed by atoms with van der Waals surface area (Å²) >= 11 is 0. The van der Waals surface area contributed by atoms with Crippen molar-refractivity contribution in [3.05, 3.63) is 69.8 Å². The van der Waals surface area contributed by atoms with E-state index < -0.39 is 16.6 Å². The maximum atomic E-state index is 12.4. The van der Waals surface area contributed by atoms with Crippen molar-refractivity contribution in [3.63, 3.8) is 0 Å². The zero-order valence-electron chi connectivity index (χ0n) is 11.3. The van der Waals surface area contributed by atoms with Crippen LogP contribution in [0.1, 0.15) is 20.7 Å². The van der Waals surface area contributed by atoms with Crippen LogP contribution in [0.25, 0.3) is 0 Å². The van der Waals surface area contributed by atoms with Crippen molar-refractivity contribution >= 4 is 29.2 Å². The third-order valence-corrected chi connectivity index (χ3v) is 3.46. The molecule has 0 radical (unpaired) electrons. The topological polar surface area (TPSA) is 89.6 Å². The standard InChI is InChI=1S/C16H10N2O4/c19-15(10-5-7-11(8-6-10)18(21)22)13-9-17-14-4-2-1-3-12(14)16(13)20/h1-9,13H. The van der Waals surface area contributed by atoms with Crippen LogP contribution < -0.4 is 0 Å². The second-order valence-electron chi connectivity index (χ2n) is 4.81. The number of ketones is 2. The Morgan fingerprint density at radius 2 is 1.77 bits per heavy atom. The van der Waals surface area contributed by atoms with Gasteiger partial charge in [0.1, 0.15) is 5.92 Å². The molecule has 0 aliphatic carbocycles. The highest BCUT2D eigenvalue weighted by molar-refractivity contribution is 6.27. The van der Waals surface area contributed by atoms with Crippen molar-refractivity contribution < 1.29 is 14.5 Å². The van der Waals surface area contributed by atoms with E-state index in [-0.39, 0.29) is 17.0 Å². The minimum absolute atomic E-state index is 0.106. The zero-order valence-corrected chi connectivity index (χ0v) is 11.3. The molecule has 0 aromatic heterocycles. The summed E-state index contributed by atoms with van der Waals surface area (Å²) in [6, 6.07) is 12.0. The monoisotopic (exact) mass is 294 g/mol. The molecule has 6 heteroatoms. The van der Waals surface area contributed by atoms with Crippen LogP contribution in [-0.4, -0.2) is 22.7 Å². The normalized spacial score (nSPS) is 16.2. The Labute approximate surface area is 125 Å². The number of non-ortho nitro benzene ring substituents is 1. The van der Waals surface area contributed by atoms with E-state index >= 15 is 0 Å². The van der Waals surface area contributed by atoms with Gasteiger partial charge in [0.05, 0.1) is 10.6 Å². The van der Waals surface area contributed by atoms with Gasteiger partial charge in [-0.3, -0.25) is 24.7 Å². The molecule has 22 heavy (non-hydrogen) atoms. The van der Waals surface area contributed by atoms with Crippen LogP contribution in [0.5, 0.6) is 0 Å². The van der Waals surface area contributed by atoms with Gasteiger partial charge in [0.25, 0.3) is 5.69 Å². The molecule has 0 spiro atoms. The first kappa shape index (κ1) is 13.8. The Hall–Kier alpha value is -3.15. The van der Waals surface area contributed by atoms with Crippen LogP contribution >= 0.6 is 0 Å². The van der Waals surface area contributed by atoms with Gasteiger partial charge < -0.3 is 0 Å². The number of Topliss-reactive ketones (excluding diaryl/α,β-unsaturated/α-hetero) is 2. The maximum absolute atomic E-state index is 12.4. The van der Waals surface area contributed by atoms with Crippen molar-refractivity contribution in [2.24, 2.45) is 10.9 Å². The largest absolute Gasteiger partial charge is 0.293 e. The van der Waals surface area contributed by atoms with Gasteiger partial charge in [0.15, 0.2) is 11.6 Å². The summed E-state index contributed by atoms with van der Waals surface area (Å²) < 4.78 is 0. The van der Waals surface area contributed by atoms with E-state index in [1.807, 2.05) is 0 Å². The van der Waals surface area contributed by atoms with Crippen LogP contribution in [0.4, 0.5) is 11.4 Å². The Balaban J connectivity index is 1.90. The third kappa shape index (κ3) is 2.31. The number of nitro benzene ring substituents is 1. The van der Waals surface area contributed by atoms with E-state index in [0.717, 1.165) is 0 Å². The highest BCUT2D eigenvalue weighted by atomic mass is 16.6. The molecule has 3 rings (SSSR count). The summed E-state index contributed by atoms with van der Waals surface area (Å²) in [5, 5.41) is 10.6. The molecule has 1 heterocycles. The average Bonchev–Trinajstić information content (AvgIpc) is 2.55. The van der Waals surface area contributed by atoms with Crippen LogP contribution in [0.2, 0.25) is 0 Å². The lowest BCUT2D eigenvalue weighted by molar-refractivity contribution is -0.384. The van der Waals surface area contributed by atoms with E-state index in [4.69, 9.17) is 0 Å². The molecule has 0 N–H and O–H groups in total. The summed E-state index contributed by atoms with van der Waals surface area (Å²) in [5.74, 6) is -1.72. The Morgan fingerprint density at radius 3 is 2.45 bits per heavy atom. The number of fused-ring (bicyclic) bond motifs is 1. The lowest BCUT2D eigenvalue weighted by Gasteiger charge is -2.16. The number of aliphatic imine (C=N–C) groups is 1. The fourth-order valence-corrected chi connectivity index (χ4v) is 2.30. The number of hydrogen-bond donors (Lipinski definition) is 0. The lowest BCUT2D eigenvalue weighted by atomic mass is 9.88. The molecule has 0 fully saturated rings. The zero-order chi connectivity index (χ0) is 15.7. The van der Waals surface area contributed by atoms with Crippen molar-refractivity contribution in [3.8, 4) is 0 Å². The highest BCUT2D eigenvalue weighted by Crippen LogP contribution is 2.27.